The molecule has 1 aliphatic rings. The van der Waals surface area contributed by atoms with Crippen LogP contribution in [0.15, 0.2) is 53.4 Å². The average molecular weight is 370 g/mol. The van der Waals surface area contributed by atoms with Crippen molar-refractivity contribution >= 4 is 26.6 Å². The maximum Gasteiger partial charge on any atom is 0.261 e. The molecule has 0 unspecified atom stereocenters. The van der Waals surface area contributed by atoms with Crippen LogP contribution in [0.25, 0.3) is 10.9 Å². The quantitative estimate of drug-likeness (QED) is 0.739. The van der Waals surface area contributed by atoms with Crippen LogP contribution in [0.4, 0.5) is 5.69 Å². The molecule has 0 radical (unpaired) electrons. The lowest BCUT2D eigenvalue weighted by molar-refractivity contribution is 0.254. The van der Waals surface area contributed by atoms with Gasteiger partial charge < -0.3 is 4.90 Å². The number of fused-ring (bicyclic) bond motifs is 1. The van der Waals surface area contributed by atoms with Crippen molar-refractivity contribution in [1.82, 2.24) is 15.1 Å². The maximum atomic E-state index is 12.6. The molecule has 1 saturated heterocycles. The summed E-state index contributed by atoms with van der Waals surface area (Å²) in [4.78, 5) is 2.58. The standard InChI is InChI=1S/C19H22N4O2S/c1-23-11-9-14(10-12-23)19-17-13-15(7-8-18(17)20-21-19)22-26(24,25)16-5-3-2-4-6-16/h2-8,13-14,22H,9-12H2,1H3,(H,20,21). The van der Waals surface area contributed by atoms with Crippen molar-refractivity contribution in [3.05, 3.63) is 54.2 Å². The molecule has 2 N–H and O–H groups in total. The number of hydrogen-bond donors (Lipinski definition) is 2. The van der Waals surface area contributed by atoms with Crippen LogP contribution < -0.4 is 4.72 Å². The molecule has 0 aliphatic carbocycles. The van der Waals surface area contributed by atoms with Gasteiger partial charge in [0.05, 0.1) is 10.4 Å². The zero-order chi connectivity index (χ0) is 18.1. The number of aromatic nitrogens is 2. The summed E-state index contributed by atoms with van der Waals surface area (Å²) in [6, 6.07) is 13.9. The Morgan fingerprint density at radius 1 is 1.12 bits per heavy atom. The summed E-state index contributed by atoms with van der Waals surface area (Å²) in [5.41, 5.74) is 2.52. The number of benzene rings is 2. The van der Waals surface area contributed by atoms with Gasteiger partial charge in [-0.15, -0.1) is 0 Å². The largest absolute Gasteiger partial charge is 0.306 e. The van der Waals surface area contributed by atoms with E-state index in [1.54, 1.807) is 36.4 Å². The van der Waals surface area contributed by atoms with Gasteiger partial charge in [-0.1, -0.05) is 18.2 Å². The Bertz CT molecular complexity index is 1010. The minimum atomic E-state index is -3.60. The fourth-order valence-electron chi connectivity index (χ4n) is 3.52. The third kappa shape index (κ3) is 3.32. The van der Waals surface area contributed by atoms with Crippen LogP contribution in [0.3, 0.4) is 0 Å². The third-order valence-corrected chi connectivity index (χ3v) is 6.41. The summed E-state index contributed by atoms with van der Waals surface area (Å²) in [5, 5.41) is 8.56. The smallest absolute Gasteiger partial charge is 0.261 e. The summed E-state index contributed by atoms with van der Waals surface area (Å²) in [7, 11) is -1.46. The molecule has 0 atom stereocenters. The molecule has 3 aromatic rings. The van der Waals surface area contributed by atoms with Gasteiger partial charge in [-0.25, -0.2) is 8.42 Å². The molecule has 136 valence electrons. The van der Waals surface area contributed by atoms with E-state index in [1.807, 2.05) is 12.1 Å². The van der Waals surface area contributed by atoms with Crippen molar-refractivity contribution in [2.45, 2.75) is 23.7 Å². The Morgan fingerprint density at radius 2 is 1.85 bits per heavy atom. The number of nitrogens with one attached hydrogen (secondary N) is 2. The van der Waals surface area contributed by atoms with Crippen molar-refractivity contribution < 1.29 is 8.42 Å². The Morgan fingerprint density at radius 3 is 2.58 bits per heavy atom. The fourth-order valence-corrected chi connectivity index (χ4v) is 4.59. The number of hydrogen-bond acceptors (Lipinski definition) is 4. The van der Waals surface area contributed by atoms with E-state index in [-0.39, 0.29) is 4.90 Å². The van der Waals surface area contributed by atoms with E-state index in [4.69, 9.17) is 0 Å². The second kappa shape index (κ2) is 6.74. The number of rotatable bonds is 4. The van der Waals surface area contributed by atoms with Gasteiger partial charge in [0.15, 0.2) is 0 Å². The summed E-state index contributed by atoms with van der Waals surface area (Å²) in [6.07, 6.45) is 2.15. The Kier molecular flexibility index (Phi) is 4.42. The summed E-state index contributed by atoms with van der Waals surface area (Å²) >= 11 is 0. The number of aromatic amines is 1. The minimum absolute atomic E-state index is 0.253. The van der Waals surface area contributed by atoms with Crippen molar-refractivity contribution in [2.75, 3.05) is 24.9 Å². The molecular formula is C19H22N4O2S. The average Bonchev–Trinajstić information content (AvgIpc) is 3.06. The lowest BCUT2D eigenvalue weighted by atomic mass is 9.92. The molecule has 1 aromatic heterocycles. The van der Waals surface area contributed by atoms with E-state index >= 15 is 0 Å². The van der Waals surface area contributed by atoms with Crippen molar-refractivity contribution in [2.24, 2.45) is 0 Å². The van der Waals surface area contributed by atoms with E-state index in [2.05, 4.69) is 26.9 Å². The van der Waals surface area contributed by atoms with Crippen LogP contribution in [0.1, 0.15) is 24.5 Å². The highest BCUT2D eigenvalue weighted by molar-refractivity contribution is 7.92. The second-order valence-electron chi connectivity index (χ2n) is 6.87. The van der Waals surface area contributed by atoms with E-state index in [9.17, 15) is 8.42 Å². The Balaban J connectivity index is 1.64. The lowest BCUT2D eigenvalue weighted by Gasteiger charge is -2.28. The molecule has 0 saturated carbocycles. The SMILES string of the molecule is CN1CCC(c2[nH]nc3ccc(NS(=O)(=O)c4ccccc4)cc23)CC1. The lowest BCUT2D eigenvalue weighted by Crippen LogP contribution is -2.29. The zero-order valence-corrected chi connectivity index (χ0v) is 15.5. The number of nitrogens with zero attached hydrogens (tertiary/aromatic N) is 2. The highest BCUT2D eigenvalue weighted by Gasteiger charge is 2.22. The highest BCUT2D eigenvalue weighted by atomic mass is 32.2. The van der Waals surface area contributed by atoms with Gasteiger partial charge in [0, 0.05) is 22.7 Å². The van der Waals surface area contributed by atoms with Gasteiger partial charge in [-0.2, -0.15) is 5.10 Å². The number of anilines is 1. The van der Waals surface area contributed by atoms with E-state index in [1.165, 1.54) is 0 Å². The molecule has 2 aromatic carbocycles. The molecule has 1 fully saturated rings. The van der Waals surface area contributed by atoms with Gasteiger partial charge in [0.2, 0.25) is 0 Å². The van der Waals surface area contributed by atoms with Gasteiger partial charge in [0.25, 0.3) is 10.0 Å². The van der Waals surface area contributed by atoms with Gasteiger partial charge in [-0.3, -0.25) is 9.82 Å². The fraction of sp³-hybridized carbons (Fsp3) is 0.316. The second-order valence-corrected chi connectivity index (χ2v) is 8.55. The Labute approximate surface area is 153 Å². The van der Waals surface area contributed by atoms with E-state index in [0.29, 0.717) is 11.6 Å². The molecule has 0 bridgehead atoms. The molecule has 1 aliphatic heterocycles. The summed E-state index contributed by atoms with van der Waals surface area (Å²) in [5.74, 6) is 0.428. The number of piperidine rings is 1. The first kappa shape index (κ1) is 17.1. The summed E-state index contributed by atoms with van der Waals surface area (Å²) in [6.45, 7) is 2.12. The van der Waals surface area contributed by atoms with Crippen molar-refractivity contribution in [3.63, 3.8) is 0 Å². The molecule has 4 rings (SSSR count). The van der Waals surface area contributed by atoms with Crippen LogP contribution in [0.2, 0.25) is 0 Å². The summed E-state index contributed by atoms with van der Waals surface area (Å²) < 4.78 is 27.8. The minimum Gasteiger partial charge on any atom is -0.306 e. The molecule has 2 heterocycles. The normalized spacial score (nSPS) is 16.8. The first-order valence-corrected chi connectivity index (χ1v) is 10.3. The first-order chi connectivity index (χ1) is 12.5. The molecule has 7 heteroatoms. The van der Waals surface area contributed by atoms with E-state index < -0.39 is 10.0 Å². The highest BCUT2D eigenvalue weighted by Crippen LogP contribution is 2.32. The van der Waals surface area contributed by atoms with Crippen molar-refractivity contribution in [1.29, 1.82) is 0 Å². The predicted octanol–water partition coefficient (Wildman–Crippen LogP) is 3.17. The van der Waals surface area contributed by atoms with Gasteiger partial charge in [-0.05, 0) is 63.3 Å². The van der Waals surface area contributed by atoms with Crippen LogP contribution in [0.5, 0.6) is 0 Å². The number of sulfonamides is 1. The Hall–Kier alpha value is -2.38. The van der Waals surface area contributed by atoms with E-state index in [0.717, 1.165) is 42.5 Å². The zero-order valence-electron chi connectivity index (χ0n) is 14.6. The molecule has 26 heavy (non-hydrogen) atoms. The molecule has 0 amide bonds. The van der Waals surface area contributed by atoms with Crippen molar-refractivity contribution in [3.8, 4) is 0 Å². The first-order valence-electron chi connectivity index (χ1n) is 8.77. The maximum absolute atomic E-state index is 12.6. The number of likely N-dealkylation sites (tertiary alicyclic amines) is 1. The van der Waals surface area contributed by atoms with Crippen LogP contribution in [-0.2, 0) is 10.0 Å². The van der Waals surface area contributed by atoms with Crippen LogP contribution in [-0.4, -0.2) is 43.7 Å². The van der Waals surface area contributed by atoms with Crippen LogP contribution in [0, 0.1) is 0 Å². The van der Waals surface area contributed by atoms with Crippen LogP contribution >= 0.6 is 0 Å². The van der Waals surface area contributed by atoms with Gasteiger partial charge in [0.1, 0.15) is 0 Å². The number of H-pyrrole nitrogens is 1. The molecular weight excluding hydrogens is 348 g/mol. The third-order valence-electron chi connectivity index (χ3n) is 5.02. The van der Waals surface area contributed by atoms with Gasteiger partial charge >= 0.3 is 0 Å². The molecule has 6 nitrogen and oxygen atoms in total. The topological polar surface area (TPSA) is 78.1 Å². The molecule has 0 spiro atoms. The monoisotopic (exact) mass is 370 g/mol. The predicted molar refractivity (Wildman–Crippen MR) is 103 cm³/mol.